The topological polar surface area (TPSA) is 66.4 Å². The van der Waals surface area contributed by atoms with Gasteiger partial charge in [0.25, 0.3) is 5.91 Å². The SMILES string of the molecule is CC(C)(C)C1CCc2c(sc(NC(=O)c3cccc(Br)c3)c2C(=O)O)C1. The lowest BCUT2D eigenvalue weighted by Crippen LogP contribution is -2.26. The predicted octanol–water partition coefficient (Wildman–Crippen LogP) is 5.61. The lowest BCUT2D eigenvalue weighted by molar-refractivity contribution is 0.0696. The minimum absolute atomic E-state index is 0.185. The van der Waals surface area contributed by atoms with Crippen LogP contribution < -0.4 is 5.32 Å². The third kappa shape index (κ3) is 3.86. The Bertz CT molecular complexity index is 866. The van der Waals surface area contributed by atoms with Crippen molar-refractivity contribution in [1.29, 1.82) is 0 Å². The Hall–Kier alpha value is -1.66. The van der Waals surface area contributed by atoms with Crippen molar-refractivity contribution in [1.82, 2.24) is 0 Å². The van der Waals surface area contributed by atoms with Gasteiger partial charge in [-0.25, -0.2) is 4.79 Å². The minimum Gasteiger partial charge on any atom is -0.478 e. The number of anilines is 1. The number of fused-ring (bicyclic) bond motifs is 1. The van der Waals surface area contributed by atoms with Crippen molar-refractivity contribution in [2.45, 2.75) is 40.0 Å². The van der Waals surface area contributed by atoms with Crippen LogP contribution in [0.2, 0.25) is 0 Å². The van der Waals surface area contributed by atoms with E-state index in [0.29, 0.717) is 16.5 Å². The molecule has 1 amide bonds. The largest absolute Gasteiger partial charge is 0.478 e. The van der Waals surface area contributed by atoms with Gasteiger partial charge in [-0.2, -0.15) is 0 Å². The second-order valence-electron chi connectivity index (χ2n) is 7.78. The van der Waals surface area contributed by atoms with Gasteiger partial charge >= 0.3 is 5.97 Å². The Morgan fingerprint density at radius 3 is 2.65 bits per heavy atom. The molecule has 0 aliphatic heterocycles. The van der Waals surface area contributed by atoms with Gasteiger partial charge in [0.2, 0.25) is 0 Å². The zero-order valence-electron chi connectivity index (χ0n) is 15.1. The summed E-state index contributed by atoms with van der Waals surface area (Å²) in [7, 11) is 0. The van der Waals surface area contributed by atoms with Crippen LogP contribution in [0.1, 0.15) is 58.3 Å². The highest BCUT2D eigenvalue weighted by atomic mass is 79.9. The number of benzene rings is 1. The molecule has 0 saturated heterocycles. The van der Waals surface area contributed by atoms with E-state index in [9.17, 15) is 14.7 Å². The second-order valence-corrected chi connectivity index (χ2v) is 9.80. The molecule has 1 aromatic heterocycles. The van der Waals surface area contributed by atoms with Crippen molar-refractivity contribution in [2.75, 3.05) is 5.32 Å². The molecule has 1 aliphatic rings. The number of amides is 1. The summed E-state index contributed by atoms with van der Waals surface area (Å²) in [5.74, 6) is -0.745. The summed E-state index contributed by atoms with van der Waals surface area (Å²) in [6.45, 7) is 6.68. The maximum atomic E-state index is 12.6. The Balaban J connectivity index is 1.92. The molecule has 0 fully saturated rings. The van der Waals surface area contributed by atoms with Crippen molar-refractivity contribution in [3.8, 4) is 0 Å². The fraction of sp³-hybridized carbons (Fsp3) is 0.400. The molecule has 6 heteroatoms. The molecule has 0 saturated carbocycles. The molecule has 138 valence electrons. The first-order chi connectivity index (χ1) is 12.2. The van der Waals surface area contributed by atoms with Crippen LogP contribution in [0.4, 0.5) is 5.00 Å². The molecule has 1 aliphatic carbocycles. The number of halogens is 1. The molecule has 1 aromatic carbocycles. The average molecular weight is 436 g/mol. The summed E-state index contributed by atoms with van der Waals surface area (Å²) in [5.41, 5.74) is 1.84. The van der Waals surface area contributed by atoms with Gasteiger partial charge in [0.1, 0.15) is 5.00 Å². The molecule has 1 atom stereocenters. The Kier molecular flexibility index (Phi) is 5.26. The van der Waals surface area contributed by atoms with Crippen LogP contribution in [0.15, 0.2) is 28.7 Å². The van der Waals surface area contributed by atoms with Crippen molar-refractivity contribution >= 4 is 44.1 Å². The van der Waals surface area contributed by atoms with Crippen molar-refractivity contribution in [2.24, 2.45) is 11.3 Å². The molecule has 26 heavy (non-hydrogen) atoms. The van der Waals surface area contributed by atoms with Gasteiger partial charge in [0, 0.05) is 14.9 Å². The minimum atomic E-state index is -0.971. The summed E-state index contributed by atoms with van der Waals surface area (Å²) in [5, 5.41) is 13.0. The van der Waals surface area contributed by atoms with Gasteiger partial charge in [-0.3, -0.25) is 4.79 Å². The van der Waals surface area contributed by atoms with Crippen LogP contribution in [0.5, 0.6) is 0 Å². The van der Waals surface area contributed by atoms with E-state index < -0.39 is 5.97 Å². The standard InChI is InChI=1S/C20H22BrNO3S/c1-20(2,3)12-7-8-14-15(10-12)26-18(16(14)19(24)25)22-17(23)11-5-4-6-13(21)9-11/h4-6,9,12H,7-8,10H2,1-3H3,(H,22,23)(H,24,25). The fourth-order valence-electron chi connectivity index (χ4n) is 3.44. The molecule has 1 heterocycles. The molecule has 3 rings (SSSR count). The van der Waals surface area contributed by atoms with Gasteiger partial charge in [0.15, 0.2) is 0 Å². The van der Waals surface area contributed by atoms with Crippen LogP contribution in [-0.4, -0.2) is 17.0 Å². The number of thiophene rings is 1. The molecule has 2 aromatic rings. The fourth-order valence-corrected chi connectivity index (χ4v) is 5.16. The van der Waals surface area contributed by atoms with Gasteiger partial charge < -0.3 is 10.4 Å². The highest BCUT2D eigenvalue weighted by Crippen LogP contribution is 2.44. The van der Waals surface area contributed by atoms with Crippen molar-refractivity contribution in [3.63, 3.8) is 0 Å². The summed E-state index contributed by atoms with van der Waals surface area (Å²) in [4.78, 5) is 25.5. The monoisotopic (exact) mass is 435 g/mol. The van der Waals surface area contributed by atoms with E-state index in [4.69, 9.17) is 0 Å². The van der Waals surface area contributed by atoms with Crippen LogP contribution in [0.3, 0.4) is 0 Å². The number of carbonyl (C=O) groups excluding carboxylic acids is 1. The molecular weight excluding hydrogens is 414 g/mol. The summed E-state index contributed by atoms with van der Waals surface area (Å²) >= 11 is 4.77. The Labute approximate surface area is 165 Å². The number of rotatable bonds is 3. The summed E-state index contributed by atoms with van der Waals surface area (Å²) in [6.07, 6.45) is 2.60. The number of aromatic carboxylic acids is 1. The third-order valence-electron chi connectivity index (χ3n) is 5.02. The molecule has 0 spiro atoms. The summed E-state index contributed by atoms with van der Waals surface area (Å²) < 4.78 is 0.808. The third-order valence-corrected chi connectivity index (χ3v) is 6.68. The predicted molar refractivity (Wildman–Crippen MR) is 108 cm³/mol. The smallest absolute Gasteiger partial charge is 0.339 e. The first-order valence-corrected chi connectivity index (χ1v) is 10.2. The van der Waals surface area contributed by atoms with E-state index in [1.807, 2.05) is 6.07 Å². The Morgan fingerprint density at radius 1 is 1.31 bits per heavy atom. The van der Waals surface area contributed by atoms with E-state index in [-0.39, 0.29) is 16.9 Å². The van der Waals surface area contributed by atoms with E-state index in [0.717, 1.165) is 34.2 Å². The number of nitrogens with one attached hydrogen (secondary N) is 1. The van der Waals surface area contributed by atoms with Crippen LogP contribution in [0.25, 0.3) is 0 Å². The molecule has 1 unspecified atom stereocenters. The quantitative estimate of drug-likeness (QED) is 0.657. The number of carboxylic acid groups (broad SMARTS) is 1. The molecular formula is C20H22BrNO3S. The van der Waals surface area contributed by atoms with Crippen LogP contribution in [-0.2, 0) is 12.8 Å². The van der Waals surface area contributed by atoms with Crippen LogP contribution in [0, 0.1) is 11.3 Å². The van der Waals surface area contributed by atoms with Crippen LogP contribution >= 0.6 is 27.3 Å². The maximum absolute atomic E-state index is 12.6. The summed E-state index contributed by atoms with van der Waals surface area (Å²) in [6, 6.07) is 7.06. The highest BCUT2D eigenvalue weighted by Gasteiger charge is 2.34. The number of carboxylic acids is 1. The van der Waals surface area contributed by atoms with Gasteiger partial charge in [-0.05, 0) is 54.4 Å². The van der Waals surface area contributed by atoms with Gasteiger partial charge in [0.05, 0.1) is 5.56 Å². The molecule has 2 N–H and O–H groups in total. The normalized spacial score (nSPS) is 16.8. The van der Waals surface area contributed by atoms with Crippen molar-refractivity contribution in [3.05, 3.63) is 50.3 Å². The lowest BCUT2D eigenvalue weighted by atomic mass is 9.72. The second kappa shape index (κ2) is 7.16. The number of hydrogen-bond acceptors (Lipinski definition) is 3. The van der Waals surface area contributed by atoms with Gasteiger partial charge in [-0.1, -0.05) is 42.8 Å². The maximum Gasteiger partial charge on any atom is 0.339 e. The number of carbonyl (C=O) groups is 2. The van der Waals surface area contributed by atoms with E-state index >= 15 is 0 Å². The zero-order chi connectivity index (χ0) is 19.1. The van der Waals surface area contributed by atoms with E-state index in [2.05, 4.69) is 42.0 Å². The molecule has 0 radical (unpaired) electrons. The Morgan fingerprint density at radius 2 is 2.04 bits per heavy atom. The first kappa shape index (κ1) is 19.1. The van der Waals surface area contributed by atoms with E-state index in [1.54, 1.807) is 18.2 Å². The zero-order valence-corrected chi connectivity index (χ0v) is 17.5. The lowest BCUT2D eigenvalue weighted by Gasteiger charge is -2.33. The molecule has 0 bridgehead atoms. The van der Waals surface area contributed by atoms with E-state index in [1.165, 1.54) is 11.3 Å². The number of hydrogen-bond donors (Lipinski definition) is 2. The molecule has 4 nitrogen and oxygen atoms in total. The van der Waals surface area contributed by atoms with Gasteiger partial charge in [-0.15, -0.1) is 11.3 Å². The first-order valence-electron chi connectivity index (χ1n) is 8.61. The van der Waals surface area contributed by atoms with Crippen molar-refractivity contribution < 1.29 is 14.7 Å². The highest BCUT2D eigenvalue weighted by molar-refractivity contribution is 9.10. The average Bonchev–Trinajstić information content (AvgIpc) is 2.91.